The van der Waals surface area contributed by atoms with Crippen LogP contribution in [0.25, 0.3) is 0 Å². The number of oxazole rings is 1. The first-order chi connectivity index (χ1) is 4.11. The molecule has 1 heterocycles. The maximum Gasteiger partial charge on any atom is 0.347 e. The zero-order valence-electron chi connectivity index (χ0n) is 4.59. The topological polar surface area (TPSA) is 80.4 Å². The summed E-state index contributed by atoms with van der Waals surface area (Å²) >= 11 is 0. The highest BCUT2D eigenvalue weighted by molar-refractivity contribution is 7.85. The van der Waals surface area contributed by atoms with E-state index < -0.39 is 15.3 Å². The fourth-order valence-corrected chi connectivity index (χ4v) is 0.709. The van der Waals surface area contributed by atoms with Crippen molar-refractivity contribution in [2.45, 2.75) is 5.22 Å². The van der Waals surface area contributed by atoms with Crippen LogP contribution in [0.3, 0.4) is 0 Å². The van der Waals surface area contributed by atoms with Crippen LogP contribution in [0.1, 0.15) is 0 Å². The molecule has 0 aliphatic carbocycles. The molecule has 10 heavy (non-hydrogen) atoms. The average Bonchev–Trinajstić information content (AvgIpc) is 2.08. The van der Waals surface area contributed by atoms with Crippen LogP contribution < -0.4 is 0 Å². The molecule has 0 atom stereocenters. The molecule has 0 bridgehead atoms. The van der Waals surface area contributed by atoms with Gasteiger partial charge in [0.2, 0.25) is 0 Å². The van der Waals surface area contributed by atoms with Gasteiger partial charge in [0.05, 0.1) is 6.20 Å². The summed E-state index contributed by atoms with van der Waals surface area (Å²) in [5, 5.41) is -0.678. The van der Waals surface area contributed by atoms with Crippen LogP contribution in [0.15, 0.2) is 22.1 Å². The minimum absolute atomic E-state index is 0. The van der Waals surface area contributed by atoms with Crippen molar-refractivity contribution in [3.8, 4) is 0 Å². The monoisotopic (exact) mass is 185 g/mol. The Morgan fingerprint density at radius 3 is 2.40 bits per heavy atom. The fourth-order valence-electron chi connectivity index (χ4n) is 0.338. The Bertz CT molecular complexity index is 277. The van der Waals surface area contributed by atoms with Gasteiger partial charge in [-0.2, -0.15) is 8.42 Å². The number of aromatic nitrogens is 1. The predicted molar refractivity (Wildman–Crippen MR) is 33.6 cm³/mol. The third kappa shape index (κ3) is 1.98. The number of hydrogen-bond acceptors (Lipinski definition) is 4. The van der Waals surface area contributed by atoms with Crippen LogP contribution in [-0.2, 0) is 10.1 Å². The third-order valence-corrected chi connectivity index (χ3v) is 1.27. The van der Waals surface area contributed by atoms with Gasteiger partial charge in [0.25, 0.3) is 0 Å². The minimum atomic E-state index is -4.24. The fraction of sp³-hybridized carbons (Fsp3) is 0. The van der Waals surface area contributed by atoms with E-state index in [9.17, 15) is 8.42 Å². The van der Waals surface area contributed by atoms with Crippen LogP contribution in [0.4, 0.5) is 0 Å². The van der Waals surface area contributed by atoms with Gasteiger partial charge in [-0.25, -0.2) is 4.98 Å². The van der Waals surface area contributed by atoms with Crippen molar-refractivity contribution in [3.05, 3.63) is 12.5 Å². The standard InChI is InChI=1S/C3H3NO4S.ClH/c5-9(6,7)3-4-1-2-8-3;/h1-2H,(H,5,6,7);1H. The van der Waals surface area contributed by atoms with Gasteiger partial charge in [-0.15, -0.1) is 12.4 Å². The maximum absolute atomic E-state index is 10.1. The van der Waals surface area contributed by atoms with E-state index in [0.29, 0.717) is 0 Å². The highest BCUT2D eigenvalue weighted by Gasteiger charge is 2.13. The highest BCUT2D eigenvalue weighted by atomic mass is 35.5. The minimum Gasteiger partial charge on any atom is -0.435 e. The number of hydrogen-bond donors (Lipinski definition) is 1. The second-order valence-corrected chi connectivity index (χ2v) is 2.57. The molecule has 1 aromatic rings. The van der Waals surface area contributed by atoms with Gasteiger partial charge in [0, 0.05) is 0 Å². The van der Waals surface area contributed by atoms with Crippen molar-refractivity contribution in [2.75, 3.05) is 0 Å². The molecule has 0 amide bonds. The van der Waals surface area contributed by atoms with Crippen LogP contribution >= 0.6 is 12.4 Å². The molecule has 0 aliphatic heterocycles. The van der Waals surface area contributed by atoms with Gasteiger partial charge < -0.3 is 4.42 Å². The molecule has 7 heteroatoms. The lowest BCUT2D eigenvalue weighted by atomic mass is 11.0. The molecular formula is C3H4ClNO4S. The zero-order valence-corrected chi connectivity index (χ0v) is 6.22. The van der Waals surface area contributed by atoms with Gasteiger partial charge in [-0.3, -0.25) is 4.55 Å². The predicted octanol–water partition coefficient (Wildman–Crippen LogP) is 0.343. The molecule has 0 saturated carbocycles. The zero-order chi connectivity index (χ0) is 6.91. The molecule has 1 rings (SSSR count). The lowest BCUT2D eigenvalue weighted by molar-refractivity contribution is 0.391. The second kappa shape index (κ2) is 3.00. The van der Waals surface area contributed by atoms with Gasteiger partial charge >= 0.3 is 15.3 Å². The smallest absolute Gasteiger partial charge is 0.347 e. The number of rotatable bonds is 1. The van der Waals surface area contributed by atoms with E-state index in [-0.39, 0.29) is 12.4 Å². The Kier molecular flexibility index (Phi) is 2.82. The average molecular weight is 186 g/mol. The van der Waals surface area contributed by atoms with E-state index in [1.807, 2.05) is 0 Å². The summed E-state index contributed by atoms with van der Waals surface area (Å²) in [5.41, 5.74) is 0. The lowest BCUT2D eigenvalue weighted by Crippen LogP contribution is -1.96. The molecule has 0 aromatic carbocycles. The van der Waals surface area contributed by atoms with E-state index in [0.717, 1.165) is 12.5 Å². The summed E-state index contributed by atoms with van der Waals surface area (Å²) in [6, 6.07) is 0. The van der Waals surface area contributed by atoms with Crippen LogP contribution in [-0.4, -0.2) is 18.0 Å². The second-order valence-electron chi connectivity index (χ2n) is 1.27. The van der Waals surface area contributed by atoms with Crippen LogP contribution in [0.5, 0.6) is 0 Å². The molecule has 1 aromatic heterocycles. The third-order valence-electron chi connectivity index (χ3n) is 0.630. The SMILES string of the molecule is Cl.O=S(=O)(O)c1ncco1. The highest BCUT2D eigenvalue weighted by Crippen LogP contribution is 2.01. The Balaban J connectivity index is 0.000000810. The van der Waals surface area contributed by atoms with E-state index in [1.54, 1.807) is 0 Å². The molecule has 0 fully saturated rings. The maximum atomic E-state index is 10.1. The van der Waals surface area contributed by atoms with Crippen molar-refractivity contribution in [1.82, 2.24) is 4.98 Å². The van der Waals surface area contributed by atoms with E-state index >= 15 is 0 Å². The van der Waals surface area contributed by atoms with E-state index in [2.05, 4.69) is 9.40 Å². The van der Waals surface area contributed by atoms with Crippen LogP contribution in [0.2, 0.25) is 0 Å². The van der Waals surface area contributed by atoms with E-state index in [1.165, 1.54) is 0 Å². The summed E-state index contributed by atoms with van der Waals surface area (Å²) in [7, 11) is -4.24. The van der Waals surface area contributed by atoms with Gasteiger partial charge in [0.15, 0.2) is 0 Å². The first-order valence-electron chi connectivity index (χ1n) is 1.97. The summed E-state index contributed by atoms with van der Waals surface area (Å²) in [5.74, 6) is 0. The van der Waals surface area contributed by atoms with Crippen molar-refractivity contribution >= 4 is 22.5 Å². The van der Waals surface area contributed by atoms with Gasteiger partial charge in [0.1, 0.15) is 6.26 Å². The molecular weight excluding hydrogens is 182 g/mol. The first-order valence-corrected chi connectivity index (χ1v) is 3.42. The summed E-state index contributed by atoms with van der Waals surface area (Å²) in [4.78, 5) is 3.18. The van der Waals surface area contributed by atoms with Crippen molar-refractivity contribution in [1.29, 1.82) is 0 Å². The summed E-state index contributed by atoms with van der Waals surface area (Å²) < 4.78 is 32.6. The largest absolute Gasteiger partial charge is 0.435 e. The molecule has 0 saturated heterocycles. The van der Waals surface area contributed by atoms with E-state index in [4.69, 9.17) is 4.55 Å². The van der Waals surface area contributed by atoms with Crippen LogP contribution in [0, 0.1) is 0 Å². The Labute approximate surface area is 63.2 Å². The molecule has 0 unspecified atom stereocenters. The quantitative estimate of drug-likeness (QED) is 0.639. The van der Waals surface area contributed by atoms with Crippen molar-refractivity contribution in [2.24, 2.45) is 0 Å². The molecule has 1 N–H and O–H groups in total. The summed E-state index contributed by atoms with van der Waals surface area (Å²) in [6.07, 6.45) is 2.19. The Morgan fingerprint density at radius 2 is 2.20 bits per heavy atom. The van der Waals surface area contributed by atoms with Crippen molar-refractivity contribution in [3.63, 3.8) is 0 Å². The normalized spacial score (nSPS) is 10.5. The van der Waals surface area contributed by atoms with Crippen molar-refractivity contribution < 1.29 is 17.4 Å². The molecule has 5 nitrogen and oxygen atoms in total. The number of halogens is 1. The number of nitrogens with zero attached hydrogens (tertiary/aromatic N) is 1. The Morgan fingerprint density at radius 1 is 1.60 bits per heavy atom. The summed E-state index contributed by atoms with van der Waals surface area (Å²) in [6.45, 7) is 0. The molecule has 0 radical (unpaired) electrons. The first kappa shape index (κ1) is 9.41. The molecule has 0 spiro atoms. The Hall–Kier alpha value is -0.590. The van der Waals surface area contributed by atoms with Gasteiger partial charge in [-0.1, -0.05) is 0 Å². The lowest BCUT2D eigenvalue weighted by Gasteiger charge is -1.82. The molecule has 58 valence electrons. The van der Waals surface area contributed by atoms with Gasteiger partial charge in [-0.05, 0) is 0 Å². The molecule has 0 aliphatic rings.